The number of aromatic nitrogens is 2. The van der Waals surface area contributed by atoms with E-state index in [0.717, 1.165) is 24.6 Å². The smallest absolute Gasteiger partial charge is 0.335 e. The fourth-order valence-electron chi connectivity index (χ4n) is 1.80. The van der Waals surface area contributed by atoms with Crippen molar-refractivity contribution < 1.29 is 18.3 Å². The molecule has 1 aromatic heterocycles. The second-order valence-corrected chi connectivity index (χ2v) is 6.15. The molecule has 0 aliphatic rings. The van der Waals surface area contributed by atoms with E-state index in [4.69, 9.17) is 5.11 Å². The third-order valence-corrected chi connectivity index (χ3v) is 4.13. The highest BCUT2D eigenvalue weighted by atomic mass is 32.2. The second kappa shape index (κ2) is 5.96. The molecule has 0 amide bonds. The minimum absolute atomic E-state index is 0.0911. The number of hydrogen-bond acceptors (Lipinski definition) is 4. The Morgan fingerprint density at radius 2 is 2.14 bits per heavy atom. The summed E-state index contributed by atoms with van der Waals surface area (Å²) in [5.74, 6) is -1.00. The fraction of sp³-hybridized carbons (Fsp3) is 0.231. The summed E-state index contributed by atoms with van der Waals surface area (Å²) in [6, 6.07) is 6.75. The monoisotopic (exact) mass is 309 g/mol. The van der Waals surface area contributed by atoms with Crippen molar-refractivity contribution in [1.29, 1.82) is 0 Å². The summed E-state index contributed by atoms with van der Waals surface area (Å²) in [5, 5.41) is 15.5. The first-order chi connectivity index (χ1) is 9.92. The Bertz CT molecular complexity index is 752. The van der Waals surface area contributed by atoms with Crippen LogP contribution in [0.5, 0.6) is 0 Å². The number of aromatic carboxylic acids is 1. The highest BCUT2D eigenvalue weighted by Crippen LogP contribution is 2.16. The Morgan fingerprint density at radius 1 is 1.38 bits per heavy atom. The van der Waals surface area contributed by atoms with Gasteiger partial charge in [0.05, 0.1) is 10.5 Å². The normalized spacial score (nSPS) is 11.3. The van der Waals surface area contributed by atoms with Gasteiger partial charge in [-0.3, -0.25) is 9.82 Å². The quantitative estimate of drug-likeness (QED) is 0.754. The van der Waals surface area contributed by atoms with Gasteiger partial charge in [-0.15, -0.1) is 0 Å². The maximum Gasteiger partial charge on any atom is 0.335 e. The number of aryl methyl sites for hydroxylation is 1. The molecule has 0 aliphatic carbocycles. The van der Waals surface area contributed by atoms with Crippen molar-refractivity contribution in [3.05, 3.63) is 41.6 Å². The van der Waals surface area contributed by atoms with Gasteiger partial charge in [-0.2, -0.15) is 5.10 Å². The number of aromatic amines is 1. The van der Waals surface area contributed by atoms with Crippen LogP contribution in [-0.4, -0.2) is 29.7 Å². The van der Waals surface area contributed by atoms with Gasteiger partial charge < -0.3 is 5.11 Å². The molecule has 0 bridgehead atoms. The van der Waals surface area contributed by atoms with E-state index in [2.05, 4.69) is 14.9 Å². The number of hydrogen-bond donors (Lipinski definition) is 3. The highest BCUT2D eigenvalue weighted by Gasteiger charge is 2.17. The van der Waals surface area contributed by atoms with Gasteiger partial charge in [0.25, 0.3) is 10.0 Å². The van der Waals surface area contributed by atoms with Crippen molar-refractivity contribution >= 4 is 21.8 Å². The largest absolute Gasteiger partial charge is 0.478 e. The van der Waals surface area contributed by atoms with Gasteiger partial charge >= 0.3 is 5.97 Å². The summed E-state index contributed by atoms with van der Waals surface area (Å²) in [6.45, 7) is 2.00. The maximum absolute atomic E-state index is 12.2. The Hall–Kier alpha value is -2.35. The number of carbonyl (C=O) groups is 1. The van der Waals surface area contributed by atoms with E-state index in [1.165, 1.54) is 18.2 Å². The molecule has 0 spiro atoms. The van der Waals surface area contributed by atoms with Gasteiger partial charge in [0, 0.05) is 11.8 Å². The van der Waals surface area contributed by atoms with E-state index in [1.54, 1.807) is 6.07 Å². The van der Waals surface area contributed by atoms with Gasteiger partial charge in [0.1, 0.15) is 0 Å². The molecule has 0 radical (unpaired) electrons. The van der Waals surface area contributed by atoms with Crippen LogP contribution in [0.15, 0.2) is 35.2 Å². The van der Waals surface area contributed by atoms with E-state index in [9.17, 15) is 13.2 Å². The SMILES string of the molecule is CCCc1cc(NS(=O)(=O)c2cccc(C(=O)O)c2)n[nH]1. The number of nitrogens with zero attached hydrogens (tertiary/aromatic N) is 1. The van der Waals surface area contributed by atoms with E-state index in [-0.39, 0.29) is 16.3 Å². The van der Waals surface area contributed by atoms with Crippen LogP contribution in [0, 0.1) is 0 Å². The number of benzene rings is 1. The molecule has 0 unspecified atom stereocenters. The Labute approximate surface area is 122 Å². The number of rotatable bonds is 6. The first kappa shape index (κ1) is 15.0. The zero-order valence-electron chi connectivity index (χ0n) is 11.3. The molecule has 0 atom stereocenters. The average molecular weight is 309 g/mol. The van der Waals surface area contributed by atoms with E-state index < -0.39 is 16.0 Å². The summed E-state index contributed by atoms with van der Waals surface area (Å²) in [7, 11) is -3.87. The predicted octanol–water partition coefficient (Wildman–Crippen LogP) is 1.86. The van der Waals surface area contributed by atoms with Crippen molar-refractivity contribution in [1.82, 2.24) is 10.2 Å². The van der Waals surface area contributed by atoms with Gasteiger partial charge in [-0.1, -0.05) is 19.4 Å². The lowest BCUT2D eigenvalue weighted by atomic mass is 10.2. The van der Waals surface area contributed by atoms with Gasteiger partial charge in [0.15, 0.2) is 5.82 Å². The number of nitrogens with one attached hydrogen (secondary N) is 2. The average Bonchev–Trinajstić information content (AvgIpc) is 2.86. The van der Waals surface area contributed by atoms with Crippen molar-refractivity contribution in [2.45, 2.75) is 24.7 Å². The summed E-state index contributed by atoms with van der Waals surface area (Å²) in [4.78, 5) is 10.8. The third-order valence-electron chi connectivity index (χ3n) is 2.78. The summed E-state index contributed by atoms with van der Waals surface area (Å²) >= 11 is 0. The molecule has 2 rings (SSSR count). The molecule has 7 nitrogen and oxygen atoms in total. The van der Waals surface area contributed by atoms with Crippen molar-refractivity contribution in [3.63, 3.8) is 0 Å². The number of sulfonamides is 1. The second-order valence-electron chi connectivity index (χ2n) is 4.47. The lowest BCUT2D eigenvalue weighted by Crippen LogP contribution is -2.14. The van der Waals surface area contributed by atoms with Gasteiger partial charge in [0.2, 0.25) is 0 Å². The van der Waals surface area contributed by atoms with Crippen LogP contribution in [-0.2, 0) is 16.4 Å². The molecule has 0 aliphatic heterocycles. The molecule has 0 saturated carbocycles. The summed E-state index contributed by atoms with van der Waals surface area (Å²) < 4.78 is 26.7. The van der Waals surface area contributed by atoms with E-state index in [1.807, 2.05) is 6.92 Å². The van der Waals surface area contributed by atoms with Crippen LogP contribution in [0.25, 0.3) is 0 Å². The highest BCUT2D eigenvalue weighted by molar-refractivity contribution is 7.92. The zero-order valence-corrected chi connectivity index (χ0v) is 12.1. The summed E-state index contributed by atoms with van der Waals surface area (Å²) in [6.07, 6.45) is 1.68. The first-order valence-electron chi connectivity index (χ1n) is 6.33. The van der Waals surface area contributed by atoms with Crippen molar-refractivity contribution in [3.8, 4) is 0 Å². The standard InChI is InChI=1S/C13H15N3O4S/c1-2-4-10-8-12(15-14-10)16-21(19,20)11-6-3-5-9(7-11)13(17)18/h3,5-8H,2,4H2,1H3,(H,17,18)(H2,14,15,16). The molecule has 21 heavy (non-hydrogen) atoms. The molecular formula is C13H15N3O4S. The lowest BCUT2D eigenvalue weighted by Gasteiger charge is -2.05. The Kier molecular flexibility index (Phi) is 4.27. The number of carboxylic acids is 1. The topological polar surface area (TPSA) is 112 Å². The van der Waals surface area contributed by atoms with Crippen LogP contribution < -0.4 is 4.72 Å². The fourth-order valence-corrected chi connectivity index (χ4v) is 2.84. The maximum atomic E-state index is 12.2. The van der Waals surface area contributed by atoms with Crippen LogP contribution in [0.1, 0.15) is 29.4 Å². The molecule has 0 fully saturated rings. The molecule has 112 valence electrons. The predicted molar refractivity (Wildman–Crippen MR) is 76.8 cm³/mol. The number of carboxylic acid groups (broad SMARTS) is 1. The molecule has 1 aromatic carbocycles. The minimum Gasteiger partial charge on any atom is -0.478 e. The lowest BCUT2D eigenvalue weighted by molar-refractivity contribution is 0.0696. The van der Waals surface area contributed by atoms with E-state index >= 15 is 0 Å². The zero-order chi connectivity index (χ0) is 15.5. The molecule has 3 N–H and O–H groups in total. The van der Waals surface area contributed by atoms with E-state index in [0.29, 0.717) is 0 Å². The summed E-state index contributed by atoms with van der Waals surface area (Å²) in [5.41, 5.74) is 0.737. The van der Waals surface area contributed by atoms with Gasteiger partial charge in [-0.25, -0.2) is 13.2 Å². The number of H-pyrrole nitrogens is 1. The Balaban J connectivity index is 2.25. The van der Waals surface area contributed by atoms with Crippen LogP contribution in [0.3, 0.4) is 0 Å². The van der Waals surface area contributed by atoms with Crippen molar-refractivity contribution in [2.24, 2.45) is 0 Å². The van der Waals surface area contributed by atoms with Crippen LogP contribution >= 0.6 is 0 Å². The first-order valence-corrected chi connectivity index (χ1v) is 7.81. The molecule has 1 heterocycles. The number of anilines is 1. The minimum atomic E-state index is -3.87. The molecule has 0 saturated heterocycles. The van der Waals surface area contributed by atoms with Crippen LogP contribution in [0.2, 0.25) is 0 Å². The molecular weight excluding hydrogens is 294 g/mol. The van der Waals surface area contributed by atoms with Crippen molar-refractivity contribution in [2.75, 3.05) is 4.72 Å². The molecule has 8 heteroatoms. The Morgan fingerprint density at radius 3 is 2.81 bits per heavy atom. The third kappa shape index (κ3) is 3.60. The van der Waals surface area contributed by atoms with Crippen LogP contribution in [0.4, 0.5) is 5.82 Å². The molecule has 2 aromatic rings. The van der Waals surface area contributed by atoms with Gasteiger partial charge in [-0.05, 0) is 24.6 Å².